The lowest BCUT2D eigenvalue weighted by Gasteiger charge is -2.37. The van der Waals surface area contributed by atoms with Crippen LogP contribution >= 0.6 is 0 Å². The molecule has 2 atom stereocenters. The Morgan fingerprint density at radius 3 is 2.10 bits per heavy atom. The summed E-state index contributed by atoms with van der Waals surface area (Å²) in [4.78, 5) is 13.3. The zero-order chi connectivity index (χ0) is 13.8. The number of carbonyl (C=O) groups is 1. The molecule has 0 saturated carbocycles. The number of likely N-dealkylation sites (tertiary alicyclic amines) is 1. The van der Waals surface area contributed by atoms with Crippen LogP contribution in [0.2, 0.25) is 0 Å². The molecule has 1 fully saturated rings. The van der Waals surface area contributed by atoms with Gasteiger partial charge in [0.25, 0.3) is 0 Å². The van der Waals surface area contributed by atoms with Gasteiger partial charge in [0.15, 0.2) is 0 Å². The first-order valence-corrected chi connectivity index (χ1v) is 7.19. The predicted molar refractivity (Wildman–Crippen MR) is 80.4 cm³/mol. The summed E-state index contributed by atoms with van der Waals surface area (Å²) in [5.41, 5.74) is 2.62. The molecule has 2 heteroatoms. The number of piperidine rings is 1. The zero-order valence-electron chi connectivity index (χ0n) is 11.5. The molecule has 1 aliphatic rings. The van der Waals surface area contributed by atoms with Crippen molar-refractivity contribution in [3.63, 3.8) is 0 Å². The molecule has 0 aromatic heterocycles. The predicted octanol–water partition coefficient (Wildman–Crippen LogP) is 3.76. The standard InChI is InChI=1S/C18H19NO/c20-14-19-12-11-17(15-7-3-1-4-8-15)13-18(19)16-9-5-2-6-10-16/h1-10,14,17-18H,11-13H2/t17-,18+/m1/s1. The van der Waals surface area contributed by atoms with E-state index in [2.05, 4.69) is 42.5 Å². The van der Waals surface area contributed by atoms with Crippen LogP contribution in [0.4, 0.5) is 0 Å². The Kier molecular flexibility index (Phi) is 3.82. The minimum Gasteiger partial charge on any atom is -0.338 e. The molecule has 2 nitrogen and oxygen atoms in total. The van der Waals surface area contributed by atoms with Gasteiger partial charge < -0.3 is 4.90 Å². The molecule has 1 saturated heterocycles. The third kappa shape index (κ3) is 2.60. The number of hydrogen-bond acceptors (Lipinski definition) is 1. The molecular formula is C18H19NO. The van der Waals surface area contributed by atoms with Gasteiger partial charge in [0.1, 0.15) is 0 Å². The molecule has 2 aromatic rings. The van der Waals surface area contributed by atoms with Crippen LogP contribution in [-0.4, -0.2) is 17.9 Å². The van der Waals surface area contributed by atoms with Crippen molar-refractivity contribution in [3.8, 4) is 0 Å². The molecule has 1 heterocycles. The molecule has 1 amide bonds. The molecule has 102 valence electrons. The average Bonchev–Trinajstić information content (AvgIpc) is 2.56. The van der Waals surface area contributed by atoms with Crippen molar-refractivity contribution in [2.24, 2.45) is 0 Å². The molecule has 0 radical (unpaired) electrons. The van der Waals surface area contributed by atoms with Gasteiger partial charge in [-0.15, -0.1) is 0 Å². The number of hydrogen-bond donors (Lipinski definition) is 0. The molecule has 20 heavy (non-hydrogen) atoms. The summed E-state index contributed by atoms with van der Waals surface area (Å²) < 4.78 is 0. The van der Waals surface area contributed by atoms with Gasteiger partial charge in [-0.3, -0.25) is 4.79 Å². The third-order valence-electron chi connectivity index (χ3n) is 4.23. The molecule has 3 rings (SSSR count). The van der Waals surface area contributed by atoms with Gasteiger partial charge in [0.2, 0.25) is 6.41 Å². The largest absolute Gasteiger partial charge is 0.338 e. The van der Waals surface area contributed by atoms with Gasteiger partial charge >= 0.3 is 0 Å². The number of rotatable bonds is 3. The highest BCUT2D eigenvalue weighted by atomic mass is 16.1. The summed E-state index contributed by atoms with van der Waals surface area (Å²) in [7, 11) is 0. The van der Waals surface area contributed by atoms with E-state index in [1.165, 1.54) is 11.1 Å². The maximum Gasteiger partial charge on any atom is 0.210 e. The fraction of sp³-hybridized carbons (Fsp3) is 0.278. The Labute approximate surface area is 120 Å². The Morgan fingerprint density at radius 1 is 0.900 bits per heavy atom. The van der Waals surface area contributed by atoms with Crippen LogP contribution in [0, 0.1) is 0 Å². The van der Waals surface area contributed by atoms with E-state index in [1.807, 2.05) is 23.1 Å². The SMILES string of the molecule is O=CN1CC[C@@H](c2ccccc2)C[C@H]1c1ccccc1. The zero-order valence-corrected chi connectivity index (χ0v) is 11.5. The van der Waals surface area contributed by atoms with E-state index >= 15 is 0 Å². The first-order chi connectivity index (χ1) is 9.88. The normalized spacial score (nSPS) is 22.5. The first kappa shape index (κ1) is 12.9. The summed E-state index contributed by atoms with van der Waals surface area (Å²) in [6.45, 7) is 0.836. The van der Waals surface area contributed by atoms with E-state index in [1.54, 1.807) is 0 Å². The van der Waals surface area contributed by atoms with Gasteiger partial charge in [-0.05, 0) is 29.9 Å². The van der Waals surface area contributed by atoms with E-state index in [0.29, 0.717) is 5.92 Å². The second kappa shape index (κ2) is 5.91. The van der Waals surface area contributed by atoms with E-state index in [-0.39, 0.29) is 6.04 Å². The lowest BCUT2D eigenvalue weighted by molar-refractivity contribution is -0.121. The monoisotopic (exact) mass is 265 g/mol. The smallest absolute Gasteiger partial charge is 0.210 e. The molecule has 1 aliphatic heterocycles. The van der Waals surface area contributed by atoms with Gasteiger partial charge in [-0.25, -0.2) is 0 Å². The molecule has 2 aromatic carbocycles. The summed E-state index contributed by atoms with van der Waals surface area (Å²) in [6, 6.07) is 21.2. The van der Waals surface area contributed by atoms with Crippen LogP contribution in [0.25, 0.3) is 0 Å². The van der Waals surface area contributed by atoms with Crippen molar-refractivity contribution in [2.75, 3.05) is 6.54 Å². The van der Waals surface area contributed by atoms with Crippen molar-refractivity contribution >= 4 is 6.41 Å². The molecule has 0 unspecified atom stereocenters. The van der Waals surface area contributed by atoms with Crippen molar-refractivity contribution in [1.82, 2.24) is 4.90 Å². The summed E-state index contributed by atoms with van der Waals surface area (Å²) in [5.74, 6) is 0.539. The second-order valence-corrected chi connectivity index (χ2v) is 5.40. The molecule has 0 N–H and O–H groups in total. The van der Waals surface area contributed by atoms with Crippen LogP contribution in [0.3, 0.4) is 0 Å². The van der Waals surface area contributed by atoms with E-state index in [4.69, 9.17) is 0 Å². The third-order valence-corrected chi connectivity index (χ3v) is 4.23. The molecular weight excluding hydrogens is 246 g/mol. The molecule has 0 spiro atoms. The lowest BCUT2D eigenvalue weighted by Crippen LogP contribution is -2.35. The number of carbonyl (C=O) groups excluding carboxylic acids is 1. The molecule has 0 bridgehead atoms. The van der Waals surface area contributed by atoms with E-state index in [9.17, 15) is 4.79 Å². The number of benzene rings is 2. The second-order valence-electron chi connectivity index (χ2n) is 5.40. The van der Waals surface area contributed by atoms with Crippen LogP contribution in [0.1, 0.15) is 35.9 Å². The van der Waals surface area contributed by atoms with Crippen LogP contribution in [0.15, 0.2) is 60.7 Å². The summed E-state index contributed by atoms with van der Waals surface area (Å²) in [5, 5.41) is 0. The van der Waals surface area contributed by atoms with Crippen molar-refractivity contribution in [1.29, 1.82) is 0 Å². The van der Waals surface area contributed by atoms with Gasteiger partial charge in [0.05, 0.1) is 6.04 Å². The first-order valence-electron chi connectivity index (χ1n) is 7.19. The Hall–Kier alpha value is -2.09. The Balaban J connectivity index is 1.85. The topological polar surface area (TPSA) is 20.3 Å². The number of nitrogens with zero attached hydrogens (tertiary/aromatic N) is 1. The van der Waals surface area contributed by atoms with Crippen LogP contribution in [0.5, 0.6) is 0 Å². The van der Waals surface area contributed by atoms with Crippen LogP contribution in [-0.2, 0) is 4.79 Å². The lowest BCUT2D eigenvalue weighted by atomic mass is 9.83. The van der Waals surface area contributed by atoms with E-state index < -0.39 is 0 Å². The van der Waals surface area contributed by atoms with Gasteiger partial charge in [-0.2, -0.15) is 0 Å². The quantitative estimate of drug-likeness (QED) is 0.774. The summed E-state index contributed by atoms with van der Waals surface area (Å²) >= 11 is 0. The highest BCUT2D eigenvalue weighted by molar-refractivity contribution is 5.49. The highest BCUT2D eigenvalue weighted by Gasteiger charge is 2.29. The maximum atomic E-state index is 11.3. The Morgan fingerprint density at radius 2 is 1.50 bits per heavy atom. The maximum absolute atomic E-state index is 11.3. The number of amides is 1. The van der Waals surface area contributed by atoms with Crippen molar-refractivity contribution in [3.05, 3.63) is 71.8 Å². The fourth-order valence-electron chi connectivity index (χ4n) is 3.14. The minimum atomic E-state index is 0.202. The average molecular weight is 265 g/mol. The fourth-order valence-corrected chi connectivity index (χ4v) is 3.14. The minimum absolute atomic E-state index is 0.202. The van der Waals surface area contributed by atoms with Crippen molar-refractivity contribution < 1.29 is 4.79 Å². The van der Waals surface area contributed by atoms with Gasteiger partial charge in [0, 0.05) is 6.54 Å². The van der Waals surface area contributed by atoms with E-state index in [0.717, 1.165) is 25.8 Å². The summed E-state index contributed by atoms with van der Waals surface area (Å²) in [6.07, 6.45) is 3.05. The Bertz CT molecular complexity index is 552. The molecule has 0 aliphatic carbocycles. The highest BCUT2D eigenvalue weighted by Crippen LogP contribution is 2.38. The van der Waals surface area contributed by atoms with Gasteiger partial charge in [-0.1, -0.05) is 60.7 Å². The van der Waals surface area contributed by atoms with Crippen LogP contribution < -0.4 is 0 Å². The van der Waals surface area contributed by atoms with Crippen molar-refractivity contribution in [2.45, 2.75) is 24.8 Å².